The third-order valence-electron chi connectivity index (χ3n) is 4.18. The van der Waals surface area contributed by atoms with Crippen LogP contribution in [0.15, 0.2) is 4.42 Å². The quantitative estimate of drug-likeness (QED) is 0.833. The molecule has 0 radical (unpaired) electrons. The summed E-state index contributed by atoms with van der Waals surface area (Å²) >= 11 is 0. The summed E-state index contributed by atoms with van der Waals surface area (Å²) < 4.78 is 5.66. The van der Waals surface area contributed by atoms with Crippen LogP contribution in [-0.4, -0.2) is 42.0 Å². The lowest BCUT2D eigenvalue weighted by atomic mass is 10.1. The Morgan fingerprint density at radius 1 is 1.05 bits per heavy atom. The summed E-state index contributed by atoms with van der Waals surface area (Å²) in [6.45, 7) is 3.23. The van der Waals surface area contributed by atoms with E-state index >= 15 is 0 Å². The van der Waals surface area contributed by atoms with Crippen LogP contribution in [0.4, 0.5) is 5.88 Å². The minimum absolute atomic E-state index is 0.0639. The highest BCUT2D eigenvalue weighted by atomic mass is 16.4. The van der Waals surface area contributed by atoms with Crippen molar-refractivity contribution in [3.8, 4) is 6.07 Å². The molecule has 0 spiro atoms. The molecule has 2 fully saturated rings. The van der Waals surface area contributed by atoms with Crippen molar-refractivity contribution in [1.29, 1.82) is 5.26 Å². The third-order valence-corrected chi connectivity index (χ3v) is 4.18. The summed E-state index contributed by atoms with van der Waals surface area (Å²) in [6.07, 6.45) is 6.58. The van der Waals surface area contributed by atoms with E-state index in [1.54, 1.807) is 4.90 Å². The molecule has 2 aliphatic rings. The molecule has 1 aromatic heterocycles. The minimum Gasteiger partial charge on any atom is -0.415 e. The molecular formula is C15H20N4O2. The largest absolute Gasteiger partial charge is 0.415 e. The molecule has 1 aromatic rings. The second-order valence-corrected chi connectivity index (χ2v) is 5.69. The molecule has 21 heavy (non-hydrogen) atoms. The van der Waals surface area contributed by atoms with Crippen LogP contribution in [0.3, 0.4) is 0 Å². The average Bonchev–Trinajstić information content (AvgIpc) is 3.00. The predicted octanol–water partition coefficient (Wildman–Crippen LogP) is 2.16. The van der Waals surface area contributed by atoms with Crippen LogP contribution in [0.1, 0.15) is 54.9 Å². The lowest BCUT2D eigenvalue weighted by Crippen LogP contribution is -2.35. The van der Waals surface area contributed by atoms with E-state index in [9.17, 15) is 10.1 Å². The van der Waals surface area contributed by atoms with E-state index < -0.39 is 0 Å². The van der Waals surface area contributed by atoms with Crippen molar-refractivity contribution in [1.82, 2.24) is 9.88 Å². The van der Waals surface area contributed by atoms with Crippen molar-refractivity contribution in [3.63, 3.8) is 0 Å². The zero-order valence-electron chi connectivity index (χ0n) is 12.2. The van der Waals surface area contributed by atoms with Gasteiger partial charge in [-0.05, 0) is 38.5 Å². The molecule has 0 unspecified atom stereocenters. The molecule has 6 nitrogen and oxygen atoms in total. The Balaban J connectivity index is 1.81. The van der Waals surface area contributed by atoms with Gasteiger partial charge in [-0.15, -0.1) is 0 Å². The Morgan fingerprint density at radius 2 is 1.67 bits per heavy atom. The molecule has 0 aliphatic carbocycles. The van der Waals surface area contributed by atoms with Crippen molar-refractivity contribution in [2.45, 2.75) is 38.5 Å². The molecule has 0 aromatic carbocycles. The zero-order chi connectivity index (χ0) is 14.7. The smallest absolute Gasteiger partial charge is 0.309 e. The maximum absolute atomic E-state index is 12.4. The van der Waals surface area contributed by atoms with Crippen molar-refractivity contribution in [2.24, 2.45) is 0 Å². The maximum Gasteiger partial charge on any atom is 0.309 e. The normalized spacial score (nSPS) is 19.4. The number of piperidine rings is 2. The molecule has 1 amide bonds. The number of hydrogen-bond acceptors (Lipinski definition) is 5. The molecule has 0 bridgehead atoms. The second-order valence-electron chi connectivity index (χ2n) is 5.69. The predicted molar refractivity (Wildman–Crippen MR) is 77.0 cm³/mol. The second kappa shape index (κ2) is 6.17. The highest BCUT2D eigenvalue weighted by Gasteiger charge is 2.27. The van der Waals surface area contributed by atoms with Crippen LogP contribution >= 0.6 is 0 Å². The highest BCUT2D eigenvalue weighted by molar-refractivity contribution is 5.90. The minimum atomic E-state index is -0.186. The number of anilines is 1. The average molecular weight is 288 g/mol. The summed E-state index contributed by atoms with van der Waals surface area (Å²) in [7, 11) is 0. The Bertz CT molecular complexity index is 549. The van der Waals surface area contributed by atoms with Crippen LogP contribution in [0.5, 0.6) is 0 Å². The molecule has 6 heteroatoms. The van der Waals surface area contributed by atoms with Crippen molar-refractivity contribution >= 4 is 11.8 Å². The molecule has 2 saturated heterocycles. The van der Waals surface area contributed by atoms with Crippen molar-refractivity contribution in [2.75, 3.05) is 31.1 Å². The molecule has 112 valence electrons. The van der Waals surface area contributed by atoms with Gasteiger partial charge >= 0.3 is 5.91 Å². The van der Waals surface area contributed by atoms with E-state index in [4.69, 9.17) is 4.42 Å². The van der Waals surface area contributed by atoms with Gasteiger partial charge in [0.25, 0.3) is 5.89 Å². The molecule has 2 aliphatic heterocycles. The van der Waals surface area contributed by atoms with E-state index in [-0.39, 0.29) is 17.5 Å². The number of hydrogen-bond donors (Lipinski definition) is 0. The Labute approximate surface area is 124 Å². The summed E-state index contributed by atoms with van der Waals surface area (Å²) in [5.74, 6) is 0.348. The van der Waals surface area contributed by atoms with Gasteiger partial charge in [-0.25, -0.2) is 0 Å². The first-order chi connectivity index (χ1) is 10.3. The molecule has 0 saturated carbocycles. The van der Waals surface area contributed by atoms with Crippen LogP contribution < -0.4 is 4.90 Å². The Kier molecular flexibility index (Phi) is 4.09. The third kappa shape index (κ3) is 2.87. The number of carbonyl (C=O) groups is 1. The summed E-state index contributed by atoms with van der Waals surface area (Å²) in [4.78, 5) is 20.3. The summed E-state index contributed by atoms with van der Waals surface area (Å²) in [6, 6.07) is 2.05. The van der Waals surface area contributed by atoms with Gasteiger partial charge in [0.15, 0.2) is 0 Å². The first-order valence-corrected chi connectivity index (χ1v) is 7.75. The number of carbonyl (C=O) groups excluding carboxylic acids is 1. The maximum atomic E-state index is 12.4. The number of oxazole rings is 1. The van der Waals surface area contributed by atoms with Crippen LogP contribution in [0.25, 0.3) is 0 Å². The number of nitriles is 1. The zero-order valence-corrected chi connectivity index (χ0v) is 12.2. The van der Waals surface area contributed by atoms with Gasteiger partial charge in [0.1, 0.15) is 6.07 Å². The fraction of sp³-hybridized carbons (Fsp3) is 0.667. The van der Waals surface area contributed by atoms with Gasteiger partial charge in [0.05, 0.1) is 0 Å². The van der Waals surface area contributed by atoms with Gasteiger partial charge in [0.2, 0.25) is 11.6 Å². The van der Waals surface area contributed by atoms with Gasteiger partial charge in [-0.2, -0.15) is 10.2 Å². The fourth-order valence-corrected chi connectivity index (χ4v) is 3.02. The lowest BCUT2D eigenvalue weighted by Gasteiger charge is -2.26. The van der Waals surface area contributed by atoms with Gasteiger partial charge in [-0.3, -0.25) is 4.79 Å². The van der Waals surface area contributed by atoms with E-state index in [1.807, 2.05) is 4.90 Å². The number of nitrogens with zero attached hydrogens (tertiary/aromatic N) is 4. The topological polar surface area (TPSA) is 73.4 Å². The Morgan fingerprint density at radius 3 is 2.29 bits per heavy atom. The van der Waals surface area contributed by atoms with Crippen LogP contribution in [-0.2, 0) is 0 Å². The molecule has 3 heterocycles. The first-order valence-electron chi connectivity index (χ1n) is 7.75. The molecule has 0 N–H and O–H groups in total. The standard InChI is InChI=1S/C15H20N4O2/c16-11-12-15(19-9-5-2-6-10-19)21-13(17-12)14(20)18-7-3-1-4-8-18/h1-10H2. The van der Waals surface area contributed by atoms with Gasteiger partial charge in [0, 0.05) is 26.2 Å². The van der Waals surface area contributed by atoms with Crippen LogP contribution in [0.2, 0.25) is 0 Å². The Hall–Kier alpha value is -2.03. The SMILES string of the molecule is N#Cc1nc(C(=O)N2CCCCC2)oc1N1CCCCC1. The van der Waals surface area contributed by atoms with Crippen LogP contribution in [0, 0.1) is 11.3 Å². The van der Waals surface area contributed by atoms with E-state index in [0.29, 0.717) is 5.88 Å². The number of likely N-dealkylation sites (tertiary alicyclic amines) is 1. The summed E-state index contributed by atoms with van der Waals surface area (Å²) in [5.41, 5.74) is 0.234. The fourth-order valence-electron chi connectivity index (χ4n) is 3.02. The number of amides is 1. The van der Waals surface area contributed by atoms with Gasteiger partial charge < -0.3 is 14.2 Å². The van der Waals surface area contributed by atoms with Crippen molar-refractivity contribution in [3.05, 3.63) is 11.6 Å². The number of aromatic nitrogens is 1. The van der Waals surface area contributed by atoms with E-state index in [0.717, 1.165) is 58.3 Å². The monoisotopic (exact) mass is 288 g/mol. The van der Waals surface area contributed by atoms with Crippen molar-refractivity contribution < 1.29 is 9.21 Å². The van der Waals surface area contributed by atoms with E-state index in [1.165, 1.54) is 6.42 Å². The lowest BCUT2D eigenvalue weighted by molar-refractivity contribution is 0.0684. The molecule has 3 rings (SSSR count). The van der Waals surface area contributed by atoms with Gasteiger partial charge in [-0.1, -0.05) is 0 Å². The summed E-state index contributed by atoms with van der Waals surface area (Å²) in [5, 5.41) is 9.23. The first kappa shape index (κ1) is 13.9. The molecule has 0 atom stereocenters. The number of rotatable bonds is 2. The molecular weight excluding hydrogens is 268 g/mol. The highest BCUT2D eigenvalue weighted by Crippen LogP contribution is 2.26. The van der Waals surface area contributed by atoms with E-state index in [2.05, 4.69) is 11.1 Å².